The van der Waals surface area contributed by atoms with Crippen LogP contribution in [0.15, 0.2) is 47.1 Å². The third-order valence-electron chi connectivity index (χ3n) is 5.52. The van der Waals surface area contributed by atoms with E-state index in [1.165, 1.54) is 6.26 Å². The first-order valence-corrected chi connectivity index (χ1v) is 8.63. The van der Waals surface area contributed by atoms with Crippen LogP contribution in [0, 0.1) is 16.7 Å². The van der Waals surface area contributed by atoms with E-state index >= 15 is 0 Å². The van der Waals surface area contributed by atoms with Crippen molar-refractivity contribution in [3.8, 4) is 0 Å². The molecule has 0 N–H and O–H groups in total. The SMILES string of the molecule is CC1(C)C(C(=O)OCc2coc(Cc3ccccc3)c2)C1(C(F)F)C(F)(F)F. The van der Waals surface area contributed by atoms with Gasteiger partial charge in [-0.05, 0) is 17.0 Å². The summed E-state index contributed by atoms with van der Waals surface area (Å²) in [5.74, 6) is -2.65. The fourth-order valence-corrected chi connectivity index (χ4v) is 3.97. The highest BCUT2D eigenvalue weighted by atomic mass is 19.4. The molecule has 1 aliphatic carbocycles. The third kappa shape index (κ3) is 3.18. The summed E-state index contributed by atoms with van der Waals surface area (Å²) >= 11 is 0. The molecule has 0 spiro atoms. The number of halogens is 5. The van der Waals surface area contributed by atoms with Crippen LogP contribution in [0.5, 0.6) is 0 Å². The minimum absolute atomic E-state index is 0.346. The van der Waals surface area contributed by atoms with Crippen LogP contribution < -0.4 is 0 Å². The average molecular weight is 402 g/mol. The zero-order valence-corrected chi connectivity index (χ0v) is 15.2. The van der Waals surface area contributed by atoms with Crippen LogP contribution in [0.2, 0.25) is 0 Å². The largest absolute Gasteiger partial charge is 0.469 e. The van der Waals surface area contributed by atoms with Gasteiger partial charge in [0.25, 0.3) is 6.43 Å². The van der Waals surface area contributed by atoms with Gasteiger partial charge < -0.3 is 9.15 Å². The van der Waals surface area contributed by atoms with Crippen LogP contribution >= 0.6 is 0 Å². The fraction of sp³-hybridized carbons (Fsp3) is 0.450. The summed E-state index contributed by atoms with van der Waals surface area (Å²) < 4.78 is 76.9. The van der Waals surface area contributed by atoms with Crippen molar-refractivity contribution in [2.24, 2.45) is 16.7 Å². The standard InChI is InChI=1S/C20H19F5O3/c1-18(2)15(19(18,17(21)22)20(23,24)25)16(26)28-11-13-9-14(27-10-13)8-12-6-4-3-5-7-12/h3-7,9-10,15,17H,8,11H2,1-2H3. The van der Waals surface area contributed by atoms with E-state index in [1.807, 2.05) is 30.3 Å². The topological polar surface area (TPSA) is 39.4 Å². The van der Waals surface area contributed by atoms with Gasteiger partial charge >= 0.3 is 12.1 Å². The van der Waals surface area contributed by atoms with E-state index in [4.69, 9.17) is 9.15 Å². The molecule has 152 valence electrons. The summed E-state index contributed by atoms with van der Waals surface area (Å²) in [6.45, 7) is 1.67. The number of carbonyl (C=O) groups is 1. The highest BCUT2D eigenvalue weighted by molar-refractivity contribution is 5.79. The van der Waals surface area contributed by atoms with Crippen LogP contribution in [0.25, 0.3) is 0 Å². The highest BCUT2D eigenvalue weighted by Gasteiger charge is 2.90. The van der Waals surface area contributed by atoms with Crippen LogP contribution in [0.4, 0.5) is 22.0 Å². The molecule has 1 heterocycles. The normalized spacial score (nSPS) is 23.6. The highest BCUT2D eigenvalue weighted by Crippen LogP contribution is 2.77. The van der Waals surface area contributed by atoms with Crippen LogP contribution in [0.1, 0.15) is 30.7 Å². The molecule has 3 rings (SSSR count). The Hall–Kier alpha value is -2.38. The van der Waals surface area contributed by atoms with Crippen LogP contribution in [0.3, 0.4) is 0 Å². The molecule has 1 aromatic heterocycles. The molecule has 1 saturated carbocycles. The van der Waals surface area contributed by atoms with Crippen LogP contribution in [-0.4, -0.2) is 18.6 Å². The molecule has 0 saturated heterocycles. The van der Waals surface area contributed by atoms with Gasteiger partial charge in [0, 0.05) is 12.0 Å². The van der Waals surface area contributed by atoms with Crippen molar-refractivity contribution in [1.29, 1.82) is 0 Å². The quantitative estimate of drug-likeness (QED) is 0.481. The van der Waals surface area contributed by atoms with Gasteiger partial charge in [0.2, 0.25) is 0 Å². The lowest BCUT2D eigenvalue weighted by atomic mass is 9.96. The summed E-state index contributed by atoms with van der Waals surface area (Å²) in [6.07, 6.45) is -7.11. The molecule has 28 heavy (non-hydrogen) atoms. The van der Waals surface area contributed by atoms with E-state index in [1.54, 1.807) is 6.07 Å². The maximum atomic E-state index is 13.3. The number of ether oxygens (including phenoxy) is 1. The number of esters is 1. The number of benzene rings is 1. The molecule has 2 aromatic rings. The zero-order valence-electron chi connectivity index (χ0n) is 15.2. The molecule has 0 amide bonds. The number of rotatable bonds is 6. The Kier molecular flexibility index (Phi) is 5.02. The predicted octanol–water partition coefficient (Wildman–Crippen LogP) is 5.38. The van der Waals surface area contributed by atoms with Crippen LogP contribution in [-0.2, 0) is 22.6 Å². The third-order valence-corrected chi connectivity index (χ3v) is 5.52. The smallest absolute Gasteiger partial charge is 0.401 e. The molecule has 0 aliphatic heterocycles. The monoisotopic (exact) mass is 402 g/mol. The second-order valence-corrected chi connectivity index (χ2v) is 7.51. The Balaban J connectivity index is 1.65. The number of carbonyl (C=O) groups excluding carboxylic acids is 1. The summed E-state index contributed by atoms with van der Waals surface area (Å²) in [4.78, 5) is 12.2. The maximum Gasteiger partial charge on any atom is 0.401 e. The molecule has 2 atom stereocenters. The first-order chi connectivity index (χ1) is 13.0. The Morgan fingerprint density at radius 2 is 1.82 bits per heavy atom. The Labute approximate surface area is 158 Å². The van der Waals surface area contributed by atoms with E-state index in [-0.39, 0.29) is 6.61 Å². The number of hydrogen-bond donors (Lipinski definition) is 0. The summed E-state index contributed by atoms with van der Waals surface area (Å²) in [7, 11) is 0. The van der Waals surface area contributed by atoms with Crippen molar-refractivity contribution in [2.75, 3.05) is 0 Å². The van der Waals surface area contributed by atoms with Gasteiger partial charge in [-0.1, -0.05) is 44.2 Å². The lowest BCUT2D eigenvalue weighted by molar-refractivity contribution is -0.238. The van der Waals surface area contributed by atoms with Crippen molar-refractivity contribution < 1.29 is 35.9 Å². The average Bonchev–Trinajstić information content (AvgIpc) is 2.90. The molecular weight excluding hydrogens is 383 g/mol. The van der Waals surface area contributed by atoms with Crippen molar-refractivity contribution in [2.45, 2.75) is 39.5 Å². The summed E-state index contributed by atoms with van der Waals surface area (Å²) in [6, 6.07) is 11.0. The zero-order chi connectivity index (χ0) is 20.7. The minimum atomic E-state index is -5.22. The van der Waals surface area contributed by atoms with Crippen molar-refractivity contribution in [3.63, 3.8) is 0 Å². The Morgan fingerprint density at radius 1 is 1.18 bits per heavy atom. The van der Waals surface area contributed by atoms with Crippen molar-refractivity contribution >= 4 is 5.97 Å². The van der Waals surface area contributed by atoms with Crippen molar-refractivity contribution in [1.82, 2.24) is 0 Å². The minimum Gasteiger partial charge on any atom is -0.469 e. The molecule has 0 bridgehead atoms. The number of hydrogen-bond acceptors (Lipinski definition) is 3. The van der Waals surface area contributed by atoms with Crippen molar-refractivity contribution in [3.05, 3.63) is 59.5 Å². The number of furan rings is 1. The lowest BCUT2D eigenvalue weighted by Gasteiger charge is -2.22. The first-order valence-electron chi connectivity index (χ1n) is 8.63. The summed E-state index contributed by atoms with van der Waals surface area (Å²) in [5, 5.41) is 0. The number of alkyl halides is 5. The van der Waals surface area contributed by atoms with E-state index < -0.39 is 35.3 Å². The molecule has 1 fully saturated rings. The van der Waals surface area contributed by atoms with E-state index in [0.717, 1.165) is 19.4 Å². The van der Waals surface area contributed by atoms with E-state index in [9.17, 15) is 26.7 Å². The van der Waals surface area contributed by atoms with Gasteiger partial charge in [-0.15, -0.1) is 0 Å². The van der Waals surface area contributed by atoms with Gasteiger partial charge in [-0.25, -0.2) is 8.78 Å². The van der Waals surface area contributed by atoms with Gasteiger partial charge in [-0.3, -0.25) is 4.79 Å². The molecule has 0 radical (unpaired) electrons. The molecule has 1 aliphatic rings. The molecular formula is C20H19F5O3. The molecule has 2 unspecified atom stereocenters. The second kappa shape index (κ2) is 6.90. The Morgan fingerprint density at radius 3 is 2.36 bits per heavy atom. The maximum absolute atomic E-state index is 13.3. The first kappa shape index (κ1) is 20.4. The fourth-order valence-electron chi connectivity index (χ4n) is 3.97. The van der Waals surface area contributed by atoms with Gasteiger partial charge in [0.05, 0.1) is 12.2 Å². The molecule has 3 nitrogen and oxygen atoms in total. The second-order valence-electron chi connectivity index (χ2n) is 7.51. The van der Waals surface area contributed by atoms with Gasteiger partial charge in [0.1, 0.15) is 17.8 Å². The molecule has 8 heteroatoms. The van der Waals surface area contributed by atoms with E-state index in [0.29, 0.717) is 17.7 Å². The Bertz CT molecular complexity index is 841. The van der Waals surface area contributed by atoms with Gasteiger partial charge in [-0.2, -0.15) is 13.2 Å². The van der Waals surface area contributed by atoms with E-state index in [2.05, 4.69) is 0 Å². The predicted molar refractivity (Wildman–Crippen MR) is 89.5 cm³/mol. The summed E-state index contributed by atoms with van der Waals surface area (Å²) in [5.41, 5.74) is -3.89. The van der Waals surface area contributed by atoms with Gasteiger partial charge in [0.15, 0.2) is 0 Å². The lowest BCUT2D eigenvalue weighted by Crippen LogP contribution is -2.37. The molecule has 1 aromatic carbocycles.